The van der Waals surface area contributed by atoms with Gasteiger partial charge < -0.3 is 19.7 Å². The molecule has 0 aliphatic carbocycles. The van der Waals surface area contributed by atoms with Gasteiger partial charge in [0.2, 0.25) is 0 Å². The maximum atomic E-state index is 12.5. The minimum atomic E-state index is -0.471. The second-order valence-electron chi connectivity index (χ2n) is 6.75. The molecule has 1 N–H and O–H groups in total. The highest BCUT2D eigenvalue weighted by Crippen LogP contribution is 2.39. The predicted molar refractivity (Wildman–Crippen MR) is 111 cm³/mol. The van der Waals surface area contributed by atoms with Crippen LogP contribution in [0.25, 0.3) is 11.1 Å². The number of carbonyl (C=O) groups is 2. The van der Waals surface area contributed by atoms with Gasteiger partial charge in [-0.3, -0.25) is 4.79 Å². The van der Waals surface area contributed by atoms with Crippen molar-refractivity contribution in [2.45, 2.75) is 26.3 Å². The van der Waals surface area contributed by atoms with E-state index in [0.29, 0.717) is 18.1 Å². The molecule has 0 saturated carbocycles. The van der Waals surface area contributed by atoms with Crippen molar-refractivity contribution in [1.82, 2.24) is 5.32 Å². The largest absolute Gasteiger partial charge is 0.451 e. The first-order valence-electron chi connectivity index (χ1n) is 9.57. The van der Waals surface area contributed by atoms with Crippen LogP contribution in [0.4, 0.5) is 5.00 Å². The lowest BCUT2D eigenvalue weighted by Crippen LogP contribution is -2.35. The lowest BCUT2D eigenvalue weighted by atomic mass is 10.1. The first kappa shape index (κ1) is 20.4. The van der Waals surface area contributed by atoms with Gasteiger partial charge in [-0.05, 0) is 25.0 Å². The number of benzene rings is 1. The van der Waals surface area contributed by atoms with Crippen LogP contribution in [-0.4, -0.2) is 50.8 Å². The van der Waals surface area contributed by atoms with Crippen molar-refractivity contribution in [3.05, 3.63) is 41.3 Å². The van der Waals surface area contributed by atoms with Gasteiger partial charge in [0, 0.05) is 24.7 Å². The van der Waals surface area contributed by atoms with E-state index in [4.69, 9.17) is 9.47 Å². The quantitative estimate of drug-likeness (QED) is 0.720. The fourth-order valence-electron chi connectivity index (χ4n) is 2.93. The molecular weight excluding hydrogens is 376 g/mol. The third kappa shape index (κ3) is 5.11. The number of ether oxygens (including phenoxy) is 2. The van der Waals surface area contributed by atoms with Gasteiger partial charge in [-0.1, -0.05) is 37.3 Å². The minimum Gasteiger partial charge on any atom is -0.451 e. The van der Waals surface area contributed by atoms with Crippen molar-refractivity contribution in [1.29, 1.82) is 0 Å². The van der Waals surface area contributed by atoms with E-state index >= 15 is 0 Å². The molecule has 3 rings (SSSR count). The third-order valence-corrected chi connectivity index (χ3v) is 5.83. The molecule has 0 unspecified atom stereocenters. The van der Waals surface area contributed by atoms with E-state index in [1.54, 1.807) is 0 Å². The number of morpholine rings is 1. The molecule has 1 aromatic heterocycles. The molecule has 1 fully saturated rings. The molecule has 0 radical (unpaired) electrons. The Labute approximate surface area is 169 Å². The zero-order valence-corrected chi connectivity index (χ0v) is 17.1. The Kier molecular flexibility index (Phi) is 7.06. The fourth-order valence-corrected chi connectivity index (χ4v) is 4.05. The smallest absolute Gasteiger partial charge is 0.348 e. The maximum absolute atomic E-state index is 12.5. The molecule has 150 valence electrons. The first-order valence-corrected chi connectivity index (χ1v) is 10.4. The Morgan fingerprint density at radius 3 is 2.64 bits per heavy atom. The third-order valence-electron chi connectivity index (χ3n) is 4.65. The number of esters is 1. The monoisotopic (exact) mass is 402 g/mol. The van der Waals surface area contributed by atoms with E-state index in [-0.39, 0.29) is 18.6 Å². The van der Waals surface area contributed by atoms with Crippen LogP contribution in [-0.2, 0) is 14.3 Å². The number of hydrogen-bond donors (Lipinski definition) is 1. The van der Waals surface area contributed by atoms with Crippen LogP contribution in [0.5, 0.6) is 0 Å². The predicted octanol–water partition coefficient (Wildman–Crippen LogP) is 3.32. The summed E-state index contributed by atoms with van der Waals surface area (Å²) in [5.41, 5.74) is 2.05. The number of nitrogens with one attached hydrogen (secondary N) is 1. The molecule has 1 amide bonds. The zero-order chi connectivity index (χ0) is 19.9. The van der Waals surface area contributed by atoms with Crippen molar-refractivity contribution in [2.24, 2.45) is 0 Å². The molecule has 1 aliphatic rings. The lowest BCUT2D eigenvalue weighted by Gasteiger charge is -2.28. The van der Waals surface area contributed by atoms with Crippen LogP contribution in [0.1, 0.15) is 29.9 Å². The number of nitrogens with zero attached hydrogens (tertiary/aromatic N) is 1. The van der Waals surface area contributed by atoms with Crippen LogP contribution in [0.15, 0.2) is 36.4 Å². The van der Waals surface area contributed by atoms with Gasteiger partial charge in [-0.25, -0.2) is 4.79 Å². The summed E-state index contributed by atoms with van der Waals surface area (Å²) >= 11 is 1.40. The Hall–Kier alpha value is -2.38. The lowest BCUT2D eigenvalue weighted by molar-refractivity contribution is -0.124. The fraction of sp³-hybridized carbons (Fsp3) is 0.429. The number of hydrogen-bond acceptors (Lipinski definition) is 6. The molecule has 0 spiro atoms. The highest BCUT2D eigenvalue weighted by Gasteiger charge is 2.23. The van der Waals surface area contributed by atoms with Crippen LogP contribution < -0.4 is 10.2 Å². The SMILES string of the molecule is CC[C@H](C)NC(=O)COC(=O)c1cc(-c2ccccc2)c(N2CCOCC2)s1. The van der Waals surface area contributed by atoms with Crippen LogP contribution in [0.3, 0.4) is 0 Å². The molecule has 2 heterocycles. The second kappa shape index (κ2) is 9.71. The second-order valence-corrected chi connectivity index (χ2v) is 7.78. The van der Waals surface area contributed by atoms with E-state index < -0.39 is 5.97 Å². The van der Waals surface area contributed by atoms with Gasteiger partial charge in [0.25, 0.3) is 5.91 Å². The normalized spacial score (nSPS) is 15.1. The van der Waals surface area contributed by atoms with Gasteiger partial charge in [-0.15, -0.1) is 11.3 Å². The highest BCUT2D eigenvalue weighted by atomic mass is 32.1. The molecule has 7 heteroatoms. The Morgan fingerprint density at radius 1 is 1.25 bits per heavy atom. The standard InChI is InChI=1S/C21H26N2O4S/c1-3-15(2)22-19(24)14-27-21(25)18-13-17(16-7-5-4-6-8-16)20(28-18)23-9-11-26-12-10-23/h4-8,13,15H,3,9-12,14H2,1-2H3,(H,22,24)/t15-/m0/s1. The molecule has 2 aromatic rings. The molecular formula is C21H26N2O4S. The van der Waals surface area contributed by atoms with Gasteiger partial charge in [0.15, 0.2) is 6.61 Å². The van der Waals surface area contributed by atoms with Gasteiger partial charge in [0.05, 0.1) is 18.2 Å². The van der Waals surface area contributed by atoms with E-state index in [1.807, 2.05) is 50.2 Å². The number of anilines is 1. The maximum Gasteiger partial charge on any atom is 0.348 e. The van der Waals surface area contributed by atoms with Crippen LogP contribution >= 0.6 is 11.3 Å². The molecule has 0 bridgehead atoms. The Bertz CT molecular complexity index is 800. The highest BCUT2D eigenvalue weighted by molar-refractivity contribution is 7.18. The topological polar surface area (TPSA) is 67.9 Å². The first-order chi connectivity index (χ1) is 13.6. The van der Waals surface area contributed by atoms with Gasteiger partial charge in [0.1, 0.15) is 4.88 Å². The number of amides is 1. The molecule has 1 aliphatic heterocycles. The molecule has 1 atom stereocenters. The average Bonchev–Trinajstić information content (AvgIpc) is 3.19. The summed E-state index contributed by atoms with van der Waals surface area (Å²) in [6.45, 7) is 6.54. The summed E-state index contributed by atoms with van der Waals surface area (Å²) in [5.74, 6) is -0.753. The van der Waals surface area contributed by atoms with Crippen molar-refractivity contribution < 1.29 is 19.1 Å². The summed E-state index contributed by atoms with van der Waals surface area (Å²) in [6.07, 6.45) is 0.827. The minimum absolute atomic E-state index is 0.0607. The Balaban J connectivity index is 1.76. The van der Waals surface area contributed by atoms with E-state index in [0.717, 1.165) is 35.6 Å². The molecule has 28 heavy (non-hydrogen) atoms. The van der Waals surface area contributed by atoms with E-state index in [1.165, 1.54) is 11.3 Å². The zero-order valence-electron chi connectivity index (χ0n) is 16.3. The summed E-state index contributed by atoms with van der Waals surface area (Å²) in [4.78, 5) is 27.2. The van der Waals surface area contributed by atoms with Gasteiger partial charge in [-0.2, -0.15) is 0 Å². The average molecular weight is 403 g/mol. The van der Waals surface area contributed by atoms with E-state index in [2.05, 4.69) is 10.2 Å². The molecule has 1 saturated heterocycles. The number of rotatable bonds is 7. The summed E-state index contributed by atoms with van der Waals surface area (Å²) < 4.78 is 10.7. The summed E-state index contributed by atoms with van der Waals surface area (Å²) in [6, 6.07) is 11.9. The van der Waals surface area contributed by atoms with Crippen molar-refractivity contribution in [3.8, 4) is 11.1 Å². The number of thiophene rings is 1. The van der Waals surface area contributed by atoms with Crippen LogP contribution in [0.2, 0.25) is 0 Å². The number of carbonyl (C=O) groups excluding carboxylic acids is 2. The summed E-state index contributed by atoms with van der Waals surface area (Å²) in [7, 11) is 0. The Morgan fingerprint density at radius 2 is 1.96 bits per heavy atom. The van der Waals surface area contributed by atoms with Crippen molar-refractivity contribution in [3.63, 3.8) is 0 Å². The van der Waals surface area contributed by atoms with E-state index in [9.17, 15) is 9.59 Å². The van der Waals surface area contributed by atoms with Crippen molar-refractivity contribution >= 4 is 28.2 Å². The molecule has 1 aromatic carbocycles. The van der Waals surface area contributed by atoms with Crippen LogP contribution in [0, 0.1) is 0 Å². The summed E-state index contributed by atoms with van der Waals surface area (Å²) in [5, 5.41) is 3.83. The molecule has 6 nitrogen and oxygen atoms in total. The van der Waals surface area contributed by atoms with Crippen molar-refractivity contribution in [2.75, 3.05) is 37.8 Å². The van der Waals surface area contributed by atoms with Gasteiger partial charge >= 0.3 is 5.97 Å².